The molecule has 108 valence electrons. The summed E-state index contributed by atoms with van der Waals surface area (Å²) >= 11 is 5.16. The van der Waals surface area contributed by atoms with Crippen molar-refractivity contribution in [3.8, 4) is 0 Å². The second-order valence-electron chi connectivity index (χ2n) is 6.38. The SMILES string of the molecule is CC1CC(C(=O)N2CCN(C(C)C)CC2)(C(N)=S)C1. The number of nitrogens with zero attached hydrogens (tertiary/aromatic N) is 2. The third kappa shape index (κ3) is 2.63. The van der Waals surface area contributed by atoms with E-state index in [1.807, 2.05) is 4.90 Å². The highest BCUT2D eigenvalue weighted by Crippen LogP contribution is 2.47. The lowest BCUT2D eigenvalue weighted by atomic mass is 9.61. The summed E-state index contributed by atoms with van der Waals surface area (Å²) in [7, 11) is 0. The normalized spacial score (nSPS) is 32.2. The molecule has 5 heteroatoms. The number of amides is 1. The van der Waals surface area contributed by atoms with Crippen molar-refractivity contribution in [1.82, 2.24) is 9.80 Å². The van der Waals surface area contributed by atoms with E-state index in [2.05, 4.69) is 25.7 Å². The third-order valence-electron chi connectivity index (χ3n) is 4.61. The molecular weight excluding hydrogens is 258 g/mol. The Morgan fingerprint density at radius 3 is 2.16 bits per heavy atom. The standard InChI is InChI=1S/C14H25N3OS/c1-10(2)16-4-6-17(7-5-16)13(18)14(12(15)19)8-11(3)9-14/h10-11H,4-9H2,1-3H3,(H2,15,19). The number of carbonyl (C=O) groups is 1. The van der Waals surface area contributed by atoms with Crippen molar-refractivity contribution in [2.24, 2.45) is 17.1 Å². The summed E-state index contributed by atoms with van der Waals surface area (Å²) in [6.45, 7) is 10.0. The van der Waals surface area contributed by atoms with Gasteiger partial charge < -0.3 is 10.6 Å². The molecule has 0 aromatic heterocycles. The largest absolute Gasteiger partial charge is 0.392 e. The van der Waals surface area contributed by atoms with Crippen LogP contribution in [0.3, 0.4) is 0 Å². The maximum atomic E-state index is 12.7. The summed E-state index contributed by atoms with van der Waals surface area (Å²) in [4.78, 5) is 17.5. The predicted molar refractivity (Wildman–Crippen MR) is 80.9 cm³/mol. The number of piperazine rings is 1. The van der Waals surface area contributed by atoms with Crippen molar-refractivity contribution in [1.29, 1.82) is 0 Å². The third-order valence-corrected chi connectivity index (χ3v) is 5.00. The molecule has 1 amide bonds. The molecule has 0 spiro atoms. The van der Waals surface area contributed by atoms with Gasteiger partial charge in [0.05, 0.1) is 10.4 Å². The molecule has 1 heterocycles. The van der Waals surface area contributed by atoms with Gasteiger partial charge in [0.25, 0.3) is 0 Å². The highest BCUT2D eigenvalue weighted by Gasteiger charge is 2.52. The molecule has 4 nitrogen and oxygen atoms in total. The number of nitrogens with two attached hydrogens (primary N) is 1. The van der Waals surface area contributed by atoms with Crippen LogP contribution in [-0.2, 0) is 4.79 Å². The maximum absolute atomic E-state index is 12.7. The van der Waals surface area contributed by atoms with E-state index in [4.69, 9.17) is 18.0 Å². The van der Waals surface area contributed by atoms with Gasteiger partial charge in [-0.1, -0.05) is 19.1 Å². The van der Waals surface area contributed by atoms with Crippen molar-refractivity contribution in [2.75, 3.05) is 26.2 Å². The van der Waals surface area contributed by atoms with E-state index in [0.717, 1.165) is 39.0 Å². The molecule has 1 saturated carbocycles. The molecule has 2 N–H and O–H groups in total. The minimum absolute atomic E-state index is 0.168. The van der Waals surface area contributed by atoms with Gasteiger partial charge in [0.2, 0.25) is 5.91 Å². The fraction of sp³-hybridized carbons (Fsp3) is 0.857. The van der Waals surface area contributed by atoms with Crippen LogP contribution in [0.15, 0.2) is 0 Å². The smallest absolute Gasteiger partial charge is 0.235 e. The van der Waals surface area contributed by atoms with E-state index < -0.39 is 5.41 Å². The minimum Gasteiger partial charge on any atom is -0.392 e. The van der Waals surface area contributed by atoms with Gasteiger partial charge in [-0.3, -0.25) is 9.69 Å². The minimum atomic E-state index is -0.533. The molecule has 2 aliphatic rings. The highest BCUT2D eigenvalue weighted by atomic mass is 32.1. The highest BCUT2D eigenvalue weighted by molar-refractivity contribution is 7.80. The predicted octanol–water partition coefficient (Wildman–Crippen LogP) is 1.24. The van der Waals surface area contributed by atoms with Gasteiger partial charge in [0.15, 0.2) is 0 Å². The van der Waals surface area contributed by atoms with Crippen molar-refractivity contribution < 1.29 is 4.79 Å². The molecular formula is C14H25N3OS. The van der Waals surface area contributed by atoms with Crippen LogP contribution in [0, 0.1) is 11.3 Å². The molecule has 19 heavy (non-hydrogen) atoms. The Morgan fingerprint density at radius 2 is 1.79 bits per heavy atom. The number of thiocarbonyl (C=S) groups is 1. The molecule has 1 aliphatic heterocycles. The second-order valence-corrected chi connectivity index (χ2v) is 6.82. The van der Waals surface area contributed by atoms with Crippen molar-refractivity contribution in [3.63, 3.8) is 0 Å². The Labute approximate surface area is 121 Å². The molecule has 0 aromatic rings. The molecule has 2 rings (SSSR count). The van der Waals surface area contributed by atoms with E-state index in [-0.39, 0.29) is 5.91 Å². The molecule has 1 aliphatic carbocycles. The Kier molecular flexibility index (Phi) is 4.16. The van der Waals surface area contributed by atoms with Crippen LogP contribution in [0.1, 0.15) is 33.6 Å². The topological polar surface area (TPSA) is 49.6 Å². The average Bonchev–Trinajstić information content (AvgIpc) is 2.33. The number of hydrogen-bond acceptors (Lipinski definition) is 3. The molecule has 0 unspecified atom stereocenters. The Bertz CT molecular complexity index is 369. The van der Waals surface area contributed by atoms with Crippen molar-refractivity contribution in [2.45, 2.75) is 39.7 Å². The first-order valence-electron chi connectivity index (χ1n) is 7.20. The quantitative estimate of drug-likeness (QED) is 0.792. The van der Waals surface area contributed by atoms with Crippen LogP contribution in [-0.4, -0.2) is 52.9 Å². The summed E-state index contributed by atoms with van der Waals surface area (Å²) in [5.74, 6) is 0.726. The Balaban J connectivity index is 1.99. The van der Waals surface area contributed by atoms with Gasteiger partial charge in [0.1, 0.15) is 0 Å². The summed E-state index contributed by atoms with van der Waals surface area (Å²) < 4.78 is 0. The summed E-state index contributed by atoms with van der Waals surface area (Å²) in [6.07, 6.45) is 1.65. The van der Waals surface area contributed by atoms with Gasteiger partial charge in [0, 0.05) is 32.2 Å². The van der Waals surface area contributed by atoms with Gasteiger partial charge in [-0.15, -0.1) is 0 Å². The van der Waals surface area contributed by atoms with Crippen LogP contribution in [0.5, 0.6) is 0 Å². The van der Waals surface area contributed by atoms with E-state index in [1.165, 1.54) is 0 Å². The van der Waals surface area contributed by atoms with Crippen LogP contribution < -0.4 is 5.73 Å². The summed E-state index contributed by atoms with van der Waals surface area (Å²) in [5.41, 5.74) is 5.32. The Morgan fingerprint density at radius 1 is 1.26 bits per heavy atom. The zero-order chi connectivity index (χ0) is 14.2. The summed E-state index contributed by atoms with van der Waals surface area (Å²) in [5, 5.41) is 0. The molecule has 0 radical (unpaired) electrons. The Hall–Kier alpha value is -0.680. The molecule has 0 bridgehead atoms. The van der Waals surface area contributed by atoms with E-state index in [1.54, 1.807) is 0 Å². The van der Waals surface area contributed by atoms with Gasteiger partial charge >= 0.3 is 0 Å². The lowest BCUT2D eigenvalue weighted by molar-refractivity contribution is -0.146. The summed E-state index contributed by atoms with van der Waals surface area (Å²) in [6, 6.07) is 0.547. The van der Waals surface area contributed by atoms with E-state index in [0.29, 0.717) is 16.9 Å². The number of hydrogen-bond donors (Lipinski definition) is 1. The molecule has 0 atom stereocenters. The zero-order valence-electron chi connectivity index (χ0n) is 12.2. The van der Waals surface area contributed by atoms with Crippen LogP contribution in [0.2, 0.25) is 0 Å². The molecule has 1 saturated heterocycles. The molecule has 2 fully saturated rings. The maximum Gasteiger partial charge on any atom is 0.235 e. The number of rotatable bonds is 3. The first kappa shape index (κ1) is 14.7. The lowest BCUT2D eigenvalue weighted by Gasteiger charge is -2.48. The van der Waals surface area contributed by atoms with Crippen LogP contribution >= 0.6 is 12.2 Å². The second kappa shape index (κ2) is 5.37. The molecule has 0 aromatic carbocycles. The fourth-order valence-corrected chi connectivity index (χ4v) is 3.61. The zero-order valence-corrected chi connectivity index (χ0v) is 13.0. The average molecular weight is 283 g/mol. The van der Waals surface area contributed by atoms with E-state index in [9.17, 15) is 4.79 Å². The van der Waals surface area contributed by atoms with Gasteiger partial charge in [-0.25, -0.2) is 0 Å². The van der Waals surface area contributed by atoms with Crippen molar-refractivity contribution in [3.05, 3.63) is 0 Å². The van der Waals surface area contributed by atoms with Gasteiger partial charge in [-0.05, 0) is 32.6 Å². The van der Waals surface area contributed by atoms with Crippen LogP contribution in [0.4, 0.5) is 0 Å². The van der Waals surface area contributed by atoms with Crippen LogP contribution in [0.25, 0.3) is 0 Å². The lowest BCUT2D eigenvalue weighted by Crippen LogP contribution is -2.60. The first-order valence-corrected chi connectivity index (χ1v) is 7.61. The van der Waals surface area contributed by atoms with Gasteiger partial charge in [-0.2, -0.15) is 0 Å². The van der Waals surface area contributed by atoms with Crippen molar-refractivity contribution >= 4 is 23.1 Å². The monoisotopic (exact) mass is 283 g/mol. The first-order chi connectivity index (χ1) is 8.86. The number of carbonyl (C=O) groups excluding carboxylic acids is 1. The fourth-order valence-electron chi connectivity index (χ4n) is 3.36. The van der Waals surface area contributed by atoms with E-state index >= 15 is 0 Å².